The molecule has 0 bridgehead atoms. The molecule has 0 saturated carbocycles. The molecule has 1 aromatic heterocycles. The summed E-state index contributed by atoms with van der Waals surface area (Å²) >= 11 is 5.23. The van der Waals surface area contributed by atoms with Crippen LogP contribution < -0.4 is 9.46 Å². The molecule has 0 fully saturated rings. The summed E-state index contributed by atoms with van der Waals surface area (Å²) in [5.74, 6) is 0.728. The van der Waals surface area contributed by atoms with Crippen molar-refractivity contribution in [2.45, 2.75) is 6.54 Å². The van der Waals surface area contributed by atoms with Crippen molar-refractivity contribution in [2.24, 2.45) is 0 Å². The van der Waals surface area contributed by atoms with E-state index in [9.17, 15) is 8.42 Å². The molecule has 0 atom stereocenters. The van der Waals surface area contributed by atoms with Crippen LogP contribution in [0, 0.1) is 4.77 Å². The molecule has 1 heterocycles. The van der Waals surface area contributed by atoms with Gasteiger partial charge in [0.1, 0.15) is 5.75 Å². The molecule has 0 spiro atoms. The van der Waals surface area contributed by atoms with Crippen molar-refractivity contribution >= 4 is 33.3 Å². The number of aromatic amines is 1. The molecule has 19 heavy (non-hydrogen) atoms. The topological polar surface area (TPSA) is 76.1 Å². The number of aromatic nitrogens is 2. The van der Waals surface area contributed by atoms with Crippen molar-refractivity contribution in [1.29, 1.82) is 0 Å². The van der Waals surface area contributed by atoms with Crippen LogP contribution in [-0.2, 0) is 16.6 Å². The number of fused-ring (bicyclic) bond motifs is 1. The van der Waals surface area contributed by atoms with Crippen molar-refractivity contribution in [3.63, 3.8) is 0 Å². The summed E-state index contributed by atoms with van der Waals surface area (Å²) in [5.41, 5.74) is 1.78. The molecule has 2 rings (SSSR count). The maximum absolute atomic E-state index is 11.0. The van der Waals surface area contributed by atoms with Gasteiger partial charge in [-0.1, -0.05) is 0 Å². The summed E-state index contributed by atoms with van der Waals surface area (Å²) in [6, 6.07) is 5.58. The quantitative estimate of drug-likeness (QED) is 0.815. The smallest absolute Gasteiger partial charge is 0.208 e. The zero-order valence-electron chi connectivity index (χ0n) is 10.6. The molecule has 0 unspecified atom stereocenters. The predicted molar refractivity (Wildman–Crippen MR) is 76.5 cm³/mol. The third-order valence-corrected chi connectivity index (χ3v) is 3.73. The first-order valence-electron chi connectivity index (χ1n) is 5.62. The SMILES string of the molecule is COc1ccc2[nH]c(=S)n(CCNS(C)(=O)=O)c2c1. The second-order valence-corrected chi connectivity index (χ2v) is 6.35. The van der Waals surface area contributed by atoms with Gasteiger partial charge in [0.15, 0.2) is 4.77 Å². The van der Waals surface area contributed by atoms with Gasteiger partial charge in [-0.3, -0.25) is 0 Å². The first kappa shape index (κ1) is 14.0. The highest BCUT2D eigenvalue weighted by Crippen LogP contribution is 2.20. The number of nitrogens with zero attached hydrogens (tertiary/aromatic N) is 1. The molecule has 2 aromatic rings. The highest BCUT2D eigenvalue weighted by molar-refractivity contribution is 7.88. The first-order chi connectivity index (χ1) is 8.90. The molecule has 6 nitrogen and oxygen atoms in total. The van der Waals surface area contributed by atoms with E-state index >= 15 is 0 Å². The Morgan fingerprint density at radius 2 is 2.21 bits per heavy atom. The minimum absolute atomic E-state index is 0.289. The fourth-order valence-corrected chi connectivity index (χ4v) is 2.59. The van der Waals surface area contributed by atoms with Crippen LogP contribution in [0.5, 0.6) is 5.75 Å². The van der Waals surface area contributed by atoms with E-state index in [4.69, 9.17) is 17.0 Å². The molecule has 0 radical (unpaired) electrons. The van der Waals surface area contributed by atoms with Crippen LogP contribution in [0.1, 0.15) is 0 Å². The zero-order valence-corrected chi connectivity index (χ0v) is 12.3. The van der Waals surface area contributed by atoms with Gasteiger partial charge in [-0.25, -0.2) is 13.1 Å². The Bertz CT molecular complexity index is 746. The Balaban J connectivity index is 2.31. The lowest BCUT2D eigenvalue weighted by Crippen LogP contribution is -2.26. The van der Waals surface area contributed by atoms with E-state index in [1.165, 1.54) is 0 Å². The number of sulfonamides is 1. The van der Waals surface area contributed by atoms with E-state index in [0.29, 0.717) is 11.3 Å². The van der Waals surface area contributed by atoms with Gasteiger partial charge in [0, 0.05) is 19.2 Å². The second-order valence-electron chi connectivity index (χ2n) is 4.13. The summed E-state index contributed by atoms with van der Waals surface area (Å²) in [4.78, 5) is 3.07. The Labute approximate surface area is 116 Å². The molecule has 104 valence electrons. The summed E-state index contributed by atoms with van der Waals surface area (Å²) in [6.07, 6.45) is 1.13. The number of H-pyrrole nitrogens is 1. The minimum Gasteiger partial charge on any atom is -0.497 e. The van der Waals surface area contributed by atoms with Gasteiger partial charge >= 0.3 is 0 Å². The van der Waals surface area contributed by atoms with Crippen molar-refractivity contribution in [1.82, 2.24) is 14.3 Å². The number of nitrogens with one attached hydrogen (secondary N) is 2. The maximum Gasteiger partial charge on any atom is 0.208 e. The molecule has 0 aliphatic heterocycles. The van der Waals surface area contributed by atoms with Gasteiger partial charge in [0.05, 0.1) is 24.4 Å². The van der Waals surface area contributed by atoms with E-state index < -0.39 is 10.0 Å². The average Bonchev–Trinajstić information content (AvgIpc) is 2.63. The third-order valence-electron chi connectivity index (χ3n) is 2.68. The number of hydrogen-bond donors (Lipinski definition) is 2. The van der Waals surface area contributed by atoms with E-state index in [-0.39, 0.29) is 6.54 Å². The highest BCUT2D eigenvalue weighted by atomic mass is 32.2. The van der Waals surface area contributed by atoms with Gasteiger partial charge in [-0.15, -0.1) is 0 Å². The van der Waals surface area contributed by atoms with Crippen molar-refractivity contribution < 1.29 is 13.2 Å². The molecule has 0 aliphatic carbocycles. The molecule has 0 aliphatic rings. The number of imidazole rings is 1. The second kappa shape index (κ2) is 5.32. The van der Waals surface area contributed by atoms with Crippen LogP contribution in [0.2, 0.25) is 0 Å². The number of hydrogen-bond acceptors (Lipinski definition) is 4. The average molecular weight is 301 g/mol. The van der Waals surface area contributed by atoms with Gasteiger partial charge in [-0.2, -0.15) is 0 Å². The fourth-order valence-electron chi connectivity index (χ4n) is 1.82. The van der Waals surface area contributed by atoms with Crippen LogP contribution >= 0.6 is 12.2 Å². The molecule has 1 aromatic carbocycles. The van der Waals surface area contributed by atoms with E-state index in [2.05, 4.69) is 9.71 Å². The molecular weight excluding hydrogens is 286 g/mol. The lowest BCUT2D eigenvalue weighted by Gasteiger charge is -2.06. The van der Waals surface area contributed by atoms with Crippen LogP contribution in [0.25, 0.3) is 11.0 Å². The Hall–Kier alpha value is -1.38. The monoisotopic (exact) mass is 301 g/mol. The van der Waals surface area contributed by atoms with Crippen LogP contribution in [0.4, 0.5) is 0 Å². The minimum atomic E-state index is -3.19. The lowest BCUT2D eigenvalue weighted by molar-refractivity contribution is 0.415. The lowest BCUT2D eigenvalue weighted by atomic mass is 10.3. The summed E-state index contributed by atoms with van der Waals surface area (Å²) in [5, 5.41) is 0. The van der Waals surface area contributed by atoms with Crippen LogP contribution in [-0.4, -0.2) is 37.9 Å². The normalized spacial score (nSPS) is 11.9. The van der Waals surface area contributed by atoms with Gasteiger partial charge in [0.25, 0.3) is 0 Å². The molecule has 0 saturated heterocycles. The van der Waals surface area contributed by atoms with Gasteiger partial charge in [0.2, 0.25) is 10.0 Å². The fraction of sp³-hybridized carbons (Fsp3) is 0.364. The maximum atomic E-state index is 11.0. The number of ether oxygens (including phenoxy) is 1. The van der Waals surface area contributed by atoms with Crippen molar-refractivity contribution in [3.05, 3.63) is 23.0 Å². The van der Waals surface area contributed by atoms with Gasteiger partial charge in [-0.05, 0) is 24.4 Å². The standard InChI is InChI=1S/C11H15N3O3S2/c1-17-8-3-4-9-10(7-8)14(11(18)13-9)6-5-12-19(2,15)16/h3-4,7,12H,5-6H2,1-2H3,(H,13,18). The molecule has 0 amide bonds. The van der Waals surface area contributed by atoms with E-state index in [1.54, 1.807) is 7.11 Å². The Kier molecular flexibility index (Phi) is 3.93. The van der Waals surface area contributed by atoms with Crippen LogP contribution in [0.3, 0.4) is 0 Å². The number of benzene rings is 1. The highest BCUT2D eigenvalue weighted by Gasteiger charge is 2.07. The number of rotatable bonds is 5. The largest absolute Gasteiger partial charge is 0.497 e. The van der Waals surface area contributed by atoms with Crippen LogP contribution in [0.15, 0.2) is 18.2 Å². The predicted octanol–water partition coefficient (Wildman–Crippen LogP) is 1.26. The number of methoxy groups -OCH3 is 1. The summed E-state index contributed by atoms with van der Waals surface area (Å²) in [6.45, 7) is 0.746. The van der Waals surface area contributed by atoms with Crippen molar-refractivity contribution in [3.8, 4) is 5.75 Å². The Morgan fingerprint density at radius 1 is 1.47 bits per heavy atom. The Morgan fingerprint density at radius 3 is 2.84 bits per heavy atom. The summed E-state index contributed by atoms with van der Waals surface area (Å²) < 4.78 is 32.1. The van der Waals surface area contributed by atoms with E-state index in [1.807, 2.05) is 22.8 Å². The van der Waals surface area contributed by atoms with E-state index in [0.717, 1.165) is 23.0 Å². The van der Waals surface area contributed by atoms with Crippen molar-refractivity contribution in [2.75, 3.05) is 19.9 Å². The summed E-state index contributed by atoms with van der Waals surface area (Å²) in [7, 11) is -1.59. The van der Waals surface area contributed by atoms with Gasteiger partial charge < -0.3 is 14.3 Å². The third kappa shape index (κ3) is 3.34. The first-order valence-corrected chi connectivity index (χ1v) is 7.92. The zero-order chi connectivity index (χ0) is 14.0. The molecule has 8 heteroatoms. The molecule has 2 N–H and O–H groups in total. The molecular formula is C11H15N3O3S2.